The summed E-state index contributed by atoms with van der Waals surface area (Å²) in [6.45, 7) is 2.90. The van der Waals surface area contributed by atoms with Crippen molar-refractivity contribution in [1.29, 1.82) is 0 Å². The van der Waals surface area contributed by atoms with Gasteiger partial charge in [-0.2, -0.15) is 0 Å². The quantitative estimate of drug-likeness (QED) is 0.334. The molecule has 0 atom stereocenters. The van der Waals surface area contributed by atoms with Gasteiger partial charge in [0.05, 0.1) is 5.97 Å². The average molecular weight is 130 g/mol. The van der Waals surface area contributed by atoms with Crippen molar-refractivity contribution in [2.75, 3.05) is 0 Å². The third kappa shape index (κ3) is 9.33. The average Bonchev–Trinajstić information content (AvgIpc) is 1.38. The molecular formula is C3H3NiO2-. The van der Waals surface area contributed by atoms with Gasteiger partial charge in [-0.15, -0.1) is 0 Å². The Bertz CT molecular complexity index is 59.8. The molecule has 0 aromatic heterocycles. The van der Waals surface area contributed by atoms with Gasteiger partial charge in [-0.1, -0.05) is 6.58 Å². The molecule has 0 bridgehead atoms. The topological polar surface area (TPSA) is 40.1 Å². The van der Waals surface area contributed by atoms with Gasteiger partial charge in [0, 0.05) is 16.5 Å². The predicted molar refractivity (Wildman–Crippen MR) is 15.2 cm³/mol. The summed E-state index contributed by atoms with van der Waals surface area (Å²) in [6, 6.07) is 0. The normalized spacial score (nSPS) is 5.33. The monoisotopic (exact) mass is 129 g/mol. The predicted octanol–water partition coefficient (Wildman–Crippen LogP) is -1.08. The van der Waals surface area contributed by atoms with Crippen molar-refractivity contribution < 1.29 is 26.4 Å². The summed E-state index contributed by atoms with van der Waals surface area (Å²) in [4.78, 5) is 9.14. The SMILES string of the molecule is C=CC(=O)[O-].[Ni]. The molecule has 0 aromatic rings. The van der Waals surface area contributed by atoms with Crippen molar-refractivity contribution in [1.82, 2.24) is 0 Å². The molecule has 0 fully saturated rings. The van der Waals surface area contributed by atoms with Crippen LogP contribution in [0.15, 0.2) is 12.7 Å². The Balaban J connectivity index is 0. The molecule has 0 N–H and O–H groups in total. The van der Waals surface area contributed by atoms with Gasteiger partial charge in [0.25, 0.3) is 0 Å². The number of carboxylic acids is 1. The van der Waals surface area contributed by atoms with Crippen LogP contribution in [0, 0.1) is 0 Å². The van der Waals surface area contributed by atoms with Crippen LogP contribution in [0.5, 0.6) is 0 Å². The Labute approximate surface area is 45.8 Å². The zero-order valence-electron chi connectivity index (χ0n) is 2.92. The summed E-state index contributed by atoms with van der Waals surface area (Å²) < 4.78 is 0. The fraction of sp³-hybridized carbons (Fsp3) is 0. The molecule has 0 aliphatic carbocycles. The molecular weight excluding hydrogens is 127 g/mol. The van der Waals surface area contributed by atoms with Crippen molar-refractivity contribution in [3.63, 3.8) is 0 Å². The van der Waals surface area contributed by atoms with Crippen LogP contribution in [0.2, 0.25) is 0 Å². The summed E-state index contributed by atoms with van der Waals surface area (Å²) in [7, 11) is 0. The molecule has 2 nitrogen and oxygen atoms in total. The zero-order valence-corrected chi connectivity index (χ0v) is 3.90. The first-order valence-corrected chi connectivity index (χ1v) is 1.11. The second kappa shape index (κ2) is 4.70. The van der Waals surface area contributed by atoms with Crippen molar-refractivity contribution in [3.8, 4) is 0 Å². The third-order valence-electron chi connectivity index (χ3n) is 0.167. The van der Waals surface area contributed by atoms with E-state index in [0.717, 1.165) is 6.08 Å². The summed E-state index contributed by atoms with van der Waals surface area (Å²) in [5.74, 6) is -1.23. The van der Waals surface area contributed by atoms with Gasteiger partial charge < -0.3 is 9.90 Å². The molecule has 6 heavy (non-hydrogen) atoms. The minimum Gasteiger partial charge on any atom is -0.545 e. The smallest absolute Gasteiger partial charge is 0.0636 e. The van der Waals surface area contributed by atoms with Crippen molar-refractivity contribution in [2.45, 2.75) is 0 Å². The van der Waals surface area contributed by atoms with Crippen LogP contribution in [0.25, 0.3) is 0 Å². The van der Waals surface area contributed by atoms with E-state index in [4.69, 9.17) is 9.90 Å². The number of carbonyl (C=O) groups excluding carboxylic acids is 1. The van der Waals surface area contributed by atoms with E-state index in [1.54, 1.807) is 0 Å². The van der Waals surface area contributed by atoms with Crippen LogP contribution in [0.1, 0.15) is 0 Å². The minimum absolute atomic E-state index is 0. The van der Waals surface area contributed by atoms with Gasteiger partial charge in [0.2, 0.25) is 0 Å². The molecule has 0 unspecified atom stereocenters. The van der Waals surface area contributed by atoms with Crippen LogP contribution in [0.3, 0.4) is 0 Å². The standard InChI is InChI=1S/C3H4O2.Ni/c1-2-3(4)5;/h2H,1H2,(H,4,5);/p-1. The van der Waals surface area contributed by atoms with Gasteiger partial charge in [-0.05, 0) is 6.08 Å². The largest absolute Gasteiger partial charge is 0.545 e. The van der Waals surface area contributed by atoms with E-state index in [2.05, 4.69) is 6.58 Å². The fourth-order valence-electron chi connectivity index (χ4n) is 0. The number of rotatable bonds is 1. The maximum atomic E-state index is 9.14. The van der Waals surface area contributed by atoms with E-state index < -0.39 is 5.97 Å². The van der Waals surface area contributed by atoms with E-state index in [0.29, 0.717) is 0 Å². The van der Waals surface area contributed by atoms with Crippen LogP contribution >= 0.6 is 0 Å². The number of hydrogen-bond acceptors (Lipinski definition) is 2. The molecule has 0 aliphatic heterocycles. The first kappa shape index (κ1) is 9.20. The fourth-order valence-corrected chi connectivity index (χ4v) is 0. The van der Waals surface area contributed by atoms with Gasteiger partial charge in [0.15, 0.2) is 0 Å². The van der Waals surface area contributed by atoms with E-state index >= 15 is 0 Å². The molecule has 0 rings (SSSR count). The Morgan fingerprint density at radius 3 is 2.00 bits per heavy atom. The molecule has 3 heteroatoms. The molecule has 0 radical (unpaired) electrons. The van der Waals surface area contributed by atoms with E-state index in [9.17, 15) is 0 Å². The van der Waals surface area contributed by atoms with Gasteiger partial charge in [-0.3, -0.25) is 0 Å². The van der Waals surface area contributed by atoms with Gasteiger partial charge in [0.1, 0.15) is 0 Å². The third-order valence-corrected chi connectivity index (χ3v) is 0.167. The first-order chi connectivity index (χ1) is 2.27. The number of aliphatic carboxylic acids is 1. The molecule has 0 saturated heterocycles. The number of carbonyl (C=O) groups is 1. The molecule has 0 saturated carbocycles. The van der Waals surface area contributed by atoms with Crippen LogP contribution < -0.4 is 5.11 Å². The molecule has 0 aliphatic rings. The summed E-state index contributed by atoms with van der Waals surface area (Å²) in [5.41, 5.74) is 0. The van der Waals surface area contributed by atoms with E-state index in [-0.39, 0.29) is 16.5 Å². The van der Waals surface area contributed by atoms with Gasteiger partial charge in [-0.25, -0.2) is 0 Å². The Morgan fingerprint density at radius 2 is 2.00 bits per heavy atom. The Kier molecular flexibility index (Phi) is 7.21. The molecule has 38 valence electrons. The number of hydrogen-bond donors (Lipinski definition) is 0. The Hall–Kier alpha value is -0.296. The van der Waals surface area contributed by atoms with Gasteiger partial charge >= 0.3 is 0 Å². The second-order valence-corrected chi connectivity index (χ2v) is 0.523. The summed E-state index contributed by atoms with van der Waals surface area (Å²) >= 11 is 0. The van der Waals surface area contributed by atoms with E-state index in [1.807, 2.05) is 0 Å². The second-order valence-electron chi connectivity index (χ2n) is 0.523. The van der Waals surface area contributed by atoms with Crippen molar-refractivity contribution in [3.05, 3.63) is 12.7 Å². The zero-order chi connectivity index (χ0) is 4.28. The molecule has 0 spiro atoms. The van der Waals surface area contributed by atoms with Crippen molar-refractivity contribution in [2.24, 2.45) is 0 Å². The summed E-state index contributed by atoms with van der Waals surface area (Å²) in [5, 5.41) is 9.14. The van der Waals surface area contributed by atoms with Crippen molar-refractivity contribution >= 4 is 5.97 Å². The minimum atomic E-state index is -1.23. The van der Waals surface area contributed by atoms with Crippen LogP contribution in [-0.4, -0.2) is 5.97 Å². The maximum absolute atomic E-state index is 9.14. The van der Waals surface area contributed by atoms with Crippen LogP contribution in [-0.2, 0) is 21.3 Å². The Morgan fingerprint density at radius 1 is 1.83 bits per heavy atom. The molecule has 0 amide bonds. The number of carboxylic acid groups (broad SMARTS) is 1. The molecule has 0 heterocycles. The van der Waals surface area contributed by atoms with Crippen LogP contribution in [0.4, 0.5) is 0 Å². The molecule has 0 aromatic carbocycles. The summed E-state index contributed by atoms with van der Waals surface area (Å²) in [6.07, 6.45) is 0.722. The first-order valence-electron chi connectivity index (χ1n) is 1.11. The maximum Gasteiger partial charge on any atom is 0.0636 e. The van der Waals surface area contributed by atoms with E-state index in [1.165, 1.54) is 0 Å².